The minimum Gasteiger partial charge on any atom is -0.241 e. The van der Waals surface area contributed by atoms with Gasteiger partial charge in [-0.25, -0.2) is 4.68 Å². The summed E-state index contributed by atoms with van der Waals surface area (Å²) in [4.78, 5) is 0. The Morgan fingerprint density at radius 1 is 1.10 bits per heavy atom. The van der Waals surface area contributed by atoms with Crippen molar-refractivity contribution in [2.45, 2.75) is 12.3 Å². The van der Waals surface area contributed by atoms with Crippen LogP contribution in [0, 0.1) is 6.92 Å². The van der Waals surface area contributed by atoms with Crippen LogP contribution >= 0.6 is 27.5 Å². The molecule has 0 radical (unpaired) electrons. The van der Waals surface area contributed by atoms with Gasteiger partial charge in [0, 0.05) is 16.2 Å². The summed E-state index contributed by atoms with van der Waals surface area (Å²) in [5, 5.41) is 4.18. The molecule has 21 heavy (non-hydrogen) atoms. The normalized spacial score (nSPS) is 12.3. The zero-order valence-corrected chi connectivity index (χ0v) is 13.8. The van der Waals surface area contributed by atoms with E-state index in [0.29, 0.717) is 0 Å². The first-order valence-corrected chi connectivity index (χ1v) is 7.89. The first-order valence-electron chi connectivity index (χ1n) is 6.66. The second kappa shape index (κ2) is 6.04. The van der Waals surface area contributed by atoms with Crippen molar-refractivity contribution >= 4 is 27.5 Å². The number of benzene rings is 2. The molecule has 0 aliphatic carbocycles. The van der Waals surface area contributed by atoms with Crippen molar-refractivity contribution < 1.29 is 0 Å². The number of alkyl halides is 1. The molecule has 0 fully saturated rings. The second-order valence-corrected chi connectivity index (χ2v) is 6.12. The summed E-state index contributed by atoms with van der Waals surface area (Å²) in [6, 6.07) is 16.1. The molecule has 0 bridgehead atoms. The van der Waals surface area contributed by atoms with Gasteiger partial charge in [0.25, 0.3) is 0 Å². The topological polar surface area (TPSA) is 17.8 Å². The van der Waals surface area contributed by atoms with Crippen molar-refractivity contribution in [3.05, 3.63) is 82.1 Å². The molecule has 0 saturated heterocycles. The highest BCUT2D eigenvalue weighted by Gasteiger charge is 2.17. The number of aromatic nitrogens is 2. The Morgan fingerprint density at radius 3 is 2.62 bits per heavy atom. The highest BCUT2D eigenvalue weighted by Crippen LogP contribution is 2.35. The molecule has 0 aliphatic heterocycles. The van der Waals surface area contributed by atoms with E-state index in [1.165, 1.54) is 5.56 Å². The highest BCUT2D eigenvalue weighted by molar-refractivity contribution is 9.10. The van der Waals surface area contributed by atoms with Crippen molar-refractivity contribution in [1.82, 2.24) is 9.78 Å². The molecule has 4 heteroatoms. The minimum atomic E-state index is -0.225. The van der Waals surface area contributed by atoms with Gasteiger partial charge in [0.1, 0.15) is 0 Å². The maximum absolute atomic E-state index is 6.63. The molecule has 1 aromatic heterocycles. The summed E-state index contributed by atoms with van der Waals surface area (Å²) in [5.41, 5.74) is 4.24. The molecule has 0 N–H and O–H groups in total. The van der Waals surface area contributed by atoms with Crippen LogP contribution in [0.2, 0.25) is 0 Å². The monoisotopic (exact) mass is 360 g/mol. The van der Waals surface area contributed by atoms with E-state index in [1.54, 1.807) is 0 Å². The smallest absolute Gasteiger partial charge is 0.0876 e. The second-order valence-electron chi connectivity index (χ2n) is 4.89. The first-order chi connectivity index (χ1) is 10.2. The summed E-state index contributed by atoms with van der Waals surface area (Å²) >= 11 is 10.2. The summed E-state index contributed by atoms with van der Waals surface area (Å²) in [7, 11) is 0. The third-order valence-corrected chi connectivity index (χ3v) is 4.98. The van der Waals surface area contributed by atoms with Crippen LogP contribution in [-0.4, -0.2) is 9.78 Å². The average molecular weight is 362 g/mol. The van der Waals surface area contributed by atoms with Gasteiger partial charge in [0.05, 0.1) is 17.3 Å². The largest absolute Gasteiger partial charge is 0.241 e. The predicted molar refractivity (Wildman–Crippen MR) is 90.1 cm³/mol. The number of aryl methyl sites for hydroxylation is 1. The fraction of sp³-hybridized carbons (Fsp3) is 0.118. The van der Waals surface area contributed by atoms with Crippen LogP contribution in [0.5, 0.6) is 0 Å². The van der Waals surface area contributed by atoms with Crippen LogP contribution in [0.25, 0.3) is 5.69 Å². The third kappa shape index (κ3) is 2.89. The van der Waals surface area contributed by atoms with Gasteiger partial charge in [0.15, 0.2) is 0 Å². The van der Waals surface area contributed by atoms with E-state index in [2.05, 4.69) is 34.0 Å². The number of hydrogen-bond acceptors (Lipinski definition) is 1. The fourth-order valence-corrected chi connectivity index (χ4v) is 3.15. The quantitative estimate of drug-likeness (QED) is 0.581. The van der Waals surface area contributed by atoms with E-state index in [-0.39, 0.29) is 5.38 Å². The molecule has 0 amide bonds. The molecule has 2 nitrogen and oxygen atoms in total. The van der Waals surface area contributed by atoms with Gasteiger partial charge in [-0.2, -0.15) is 5.10 Å². The fourth-order valence-electron chi connectivity index (χ4n) is 2.23. The third-order valence-electron chi connectivity index (χ3n) is 3.41. The van der Waals surface area contributed by atoms with Crippen molar-refractivity contribution in [1.29, 1.82) is 0 Å². The van der Waals surface area contributed by atoms with Crippen LogP contribution < -0.4 is 0 Å². The molecular weight excluding hydrogens is 348 g/mol. The highest BCUT2D eigenvalue weighted by atomic mass is 79.9. The van der Waals surface area contributed by atoms with Gasteiger partial charge < -0.3 is 0 Å². The Balaban J connectivity index is 1.95. The van der Waals surface area contributed by atoms with Crippen molar-refractivity contribution in [2.24, 2.45) is 0 Å². The Hall–Kier alpha value is -1.58. The molecular formula is C17H14BrClN2. The van der Waals surface area contributed by atoms with Crippen molar-refractivity contribution in [3.63, 3.8) is 0 Å². The van der Waals surface area contributed by atoms with Gasteiger partial charge >= 0.3 is 0 Å². The van der Waals surface area contributed by atoms with Gasteiger partial charge in [0.2, 0.25) is 0 Å². The summed E-state index contributed by atoms with van der Waals surface area (Å²) in [5.74, 6) is 0. The van der Waals surface area contributed by atoms with E-state index in [4.69, 9.17) is 11.6 Å². The van der Waals surface area contributed by atoms with E-state index in [0.717, 1.165) is 21.3 Å². The molecule has 106 valence electrons. The Bertz CT molecular complexity index is 752. The van der Waals surface area contributed by atoms with Gasteiger partial charge in [-0.05, 0) is 30.2 Å². The standard InChI is InChI=1S/C17H14BrClN2/c1-12-6-5-9-15(16(12)18)17(19)13-10-20-21(11-13)14-7-3-2-4-8-14/h2-11,17H,1H3. The minimum absolute atomic E-state index is 0.225. The molecule has 3 aromatic rings. The molecule has 0 aliphatic rings. The van der Waals surface area contributed by atoms with Crippen LogP contribution in [0.15, 0.2) is 65.4 Å². The lowest BCUT2D eigenvalue weighted by atomic mass is 10.1. The van der Waals surface area contributed by atoms with Crippen LogP contribution in [-0.2, 0) is 0 Å². The van der Waals surface area contributed by atoms with Crippen LogP contribution in [0.1, 0.15) is 22.1 Å². The van der Waals surface area contributed by atoms with Gasteiger partial charge in [-0.1, -0.05) is 52.3 Å². The van der Waals surface area contributed by atoms with E-state index in [1.807, 2.05) is 59.5 Å². The number of nitrogens with zero attached hydrogens (tertiary/aromatic N) is 2. The van der Waals surface area contributed by atoms with E-state index in [9.17, 15) is 0 Å². The average Bonchev–Trinajstić information content (AvgIpc) is 3.00. The summed E-state index contributed by atoms with van der Waals surface area (Å²) in [6.07, 6.45) is 3.79. The number of halogens is 2. The van der Waals surface area contributed by atoms with Gasteiger partial charge in [-0.15, -0.1) is 11.6 Å². The Kier molecular flexibility index (Phi) is 4.13. The zero-order valence-electron chi connectivity index (χ0n) is 11.5. The maximum atomic E-state index is 6.63. The molecule has 0 saturated carbocycles. The molecule has 1 atom stereocenters. The zero-order chi connectivity index (χ0) is 14.8. The van der Waals surface area contributed by atoms with E-state index < -0.39 is 0 Å². The lowest BCUT2D eigenvalue weighted by molar-refractivity contribution is 0.880. The Labute approximate surface area is 137 Å². The van der Waals surface area contributed by atoms with Crippen LogP contribution in [0.4, 0.5) is 0 Å². The molecule has 1 heterocycles. The SMILES string of the molecule is Cc1cccc(C(Cl)c2cnn(-c3ccccc3)c2)c1Br. The summed E-state index contributed by atoms with van der Waals surface area (Å²) < 4.78 is 2.89. The number of rotatable bonds is 3. The molecule has 0 spiro atoms. The van der Waals surface area contributed by atoms with Crippen molar-refractivity contribution in [2.75, 3.05) is 0 Å². The predicted octanol–water partition coefficient (Wildman–Crippen LogP) is 5.27. The molecule has 1 unspecified atom stereocenters. The first kappa shape index (κ1) is 14.4. The number of hydrogen-bond donors (Lipinski definition) is 0. The van der Waals surface area contributed by atoms with E-state index >= 15 is 0 Å². The lowest BCUT2D eigenvalue weighted by Gasteiger charge is -2.11. The maximum Gasteiger partial charge on any atom is 0.0876 e. The molecule has 2 aromatic carbocycles. The summed E-state index contributed by atoms with van der Waals surface area (Å²) in [6.45, 7) is 2.06. The van der Waals surface area contributed by atoms with Crippen LogP contribution in [0.3, 0.4) is 0 Å². The number of para-hydroxylation sites is 1. The Morgan fingerprint density at radius 2 is 1.86 bits per heavy atom. The van der Waals surface area contributed by atoms with Crippen molar-refractivity contribution in [3.8, 4) is 5.69 Å². The van der Waals surface area contributed by atoms with Gasteiger partial charge in [-0.3, -0.25) is 0 Å². The lowest BCUT2D eigenvalue weighted by Crippen LogP contribution is -1.95. The molecule has 3 rings (SSSR count).